The Morgan fingerprint density at radius 3 is 1.85 bits per heavy atom. The van der Waals surface area contributed by atoms with E-state index in [0.29, 0.717) is 16.9 Å². The van der Waals surface area contributed by atoms with Crippen LogP contribution in [0.5, 0.6) is 5.75 Å². The van der Waals surface area contributed by atoms with Crippen LogP contribution in [0.2, 0.25) is 0 Å². The molecule has 0 aliphatic carbocycles. The number of hydrogen-bond donors (Lipinski definition) is 1. The van der Waals surface area contributed by atoms with Crippen LogP contribution in [0, 0.1) is 23.5 Å². The first kappa shape index (κ1) is 22.0. The van der Waals surface area contributed by atoms with Crippen LogP contribution in [0.15, 0.2) is 121 Å². The van der Waals surface area contributed by atoms with Crippen molar-refractivity contribution in [2.75, 3.05) is 0 Å². The number of allylic oxidation sites excluding steroid dienone is 1. The molecule has 4 heteroatoms. The van der Waals surface area contributed by atoms with E-state index in [0.717, 1.165) is 12.1 Å². The summed E-state index contributed by atoms with van der Waals surface area (Å²) in [7, 11) is 0. The number of hydrogen-bond acceptors (Lipinski definition) is 2. The van der Waals surface area contributed by atoms with Crippen molar-refractivity contribution in [1.82, 2.24) is 0 Å². The van der Waals surface area contributed by atoms with Gasteiger partial charge in [-0.05, 0) is 41.3 Å². The summed E-state index contributed by atoms with van der Waals surface area (Å²) in [5.41, 5.74) is -0.329. The van der Waals surface area contributed by atoms with Gasteiger partial charge in [0.25, 0.3) is 0 Å². The Morgan fingerprint density at radius 1 is 0.758 bits per heavy atom. The van der Waals surface area contributed by atoms with E-state index in [9.17, 15) is 13.9 Å². The first-order valence-electron chi connectivity index (χ1n) is 10.3. The van der Waals surface area contributed by atoms with E-state index in [2.05, 4.69) is 11.8 Å². The molecule has 0 aliphatic heterocycles. The van der Waals surface area contributed by atoms with Crippen molar-refractivity contribution in [3.8, 4) is 17.6 Å². The third-order valence-electron chi connectivity index (χ3n) is 4.99. The second-order valence-corrected chi connectivity index (χ2v) is 7.30. The van der Waals surface area contributed by atoms with Crippen molar-refractivity contribution in [2.45, 2.75) is 5.60 Å². The summed E-state index contributed by atoms with van der Waals surface area (Å²) in [6.45, 7) is 0. The lowest BCUT2D eigenvalue weighted by atomic mass is 9.85. The first-order chi connectivity index (χ1) is 16.0. The van der Waals surface area contributed by atoms with Gasteiger partial charge in [0.15, 0.2) is 5.76 Å². The third-order valence-corrected chi connectivity index (χ3v) is 4.99. The fourth-order valence-corrected chi connectivity index (χ4v) is 3.33. The highest BCUT2D eigenvalue weighted by Gasteiger charge is 2.30. The lowest BCUT2D eigenvalue weighted by molar-refractivity contribution is 0.131. The van der Waals surface area contributed by atoms with Crippen molar-refractivity contribution in [3.63, 3.8) is 0 Å². The molecule has 0 bridgehead atoms. The van der Waals surface area contributed by atoms with Gasteiger partial charge in [-0.2, -0.15) is 0 Å². The van der Waals surface area contributed by atoms with Crippen LogP contribution >= 0.6 is 0 Å². The van der Waals surface area contributed by atoms with E-state index in [1.54, 1.807) is 48.5 Å². The summed E-state index contributed by atoms with van der Waals surface area (Å²) < 4.78 is 33.4. The molecule has 0 heterocycles. The summed E-state index contributed by atoms with van der Waals surface area (Å²) in [5.74, 6) is 4.65. The number of para-hydroxylation sites is 1. The van der Waals surface area contributed by atoms with Gasteiger partial charge >= 0.3 is 0 Å². The van der Waals surface area contributed by atoms with Crippen LogP contribution < -0.4 is 4.74 Å². The van der Waals surface area contributed by atoms with Gasteiger partial charge in [0.1, 0.15) is 23.0 Å². The Morgan fingerprint density at radius 2 is 1.30 bits per heavy atom. The summed E-state index contributed by atoms with van der Waals surface area (Å²) in [6.07, 6.45) is 1.50. The van der Waals surface area contributed by atoms with Crippen molar-refractivity contribution in [3.05, 3.63) is 149 Å². The molecule has 4 aromatic rings. The van der Waals surface area contributed by atoms with E-state index in [1.807, 2.05) is 42.5 Å². The number of aliphatic hydroxyl groups is 1. The average molecular weight is 438 g/mol. The molecule has 0 saturated carbocycles. The second-order valence-electron chi connectivity index (χ2n) is 7.30. The van der Waals surface area contributed by atoms with Gasteiger partial charge in [-0.15, -0.1) is 0 Å². The van der Waals surface area contributed by atoms with E-state index < -0.39 is 17.2 Å². The Bertz CT molecular complexity index is 1270. The zero-order valence-electron chi connectivity index (χ0n) is 17.6. The van der Waals surface area contributed by atoms with Gasteiger partial charge in [-0.25, -0.2) is 8.78 Å². The SMILES string of the molecule is OC(/C=C(/C#Cc1ccc(F)cc1F)Oc1ccccc1)(c1ccccc1)c1ccccc1. The van der Waals surface area contributed by atoms with Crippen molar-refractivity contribution >= 4 is 0 Å². The van der Waals surface area contributed by atoms with Gasteiger partial charge < -0.3 is 9.84 Å². The Labute approximate surface area is 191 Å². The molecule has 0 amide bonds. The monoisotopic (exact) mass is 438 g/mol. The van der Waals surface area contributed by atoms with Gasteiger partial charge in [0, 0.05) is 12.1 Å². The van der Waals surface area contributed by atoms with Crippen LogP contribution in [0.25, 0.3) is 0 Å². The fraction of sp³-hybridized carbons (Fsp3) is 0.0345. The normalized spacial score (nSPS) is 11.4. The van der Waals surface area contributed by atoms with E-state index >= 15 is 0 Å². The maximum Gasteiger partial charge on any atom is 0.177 e. The molecule has 0 aliphatic rings. The highest BCUT2D eigenvalue weighted by atomic mass is 19.1. The molecule has 0 fully saturated rings. The van der Waals surface area contributed by atoms with Crippen LogP contribution in [0.1, 0.15) is 16.7 Å². The fourth-order valence-electron chi connectivity index (χ4n) is 3.33. The predicted octanol–water partition coefficient (Wildman–Crippen LogP) is 6.22. The number of rotatable bonds is 5. The molecule has 0 aromatic heterocycles. The Hall–Kier alpha value is -4.20. The minimum Gasteiger partial charge on any atom is -0.449 e. The lowest BCUT2D eigenvalue weighted by Crippen LogP contribution is -2.25. The standard InChI is InChI=1S/C29H20F2O2/c30-25-18-16-22(28(31)20-25)17-19-27(33-26-14-8-3-9-15-26)21-29(32,23-10-4-1-5-11-23)24-12-6-2-7-13-24/h1-16,18,20-21,32H/b27-21-. The molecule has 4 aromatic carbocycles. The molecule has 0 atom stereocenters. The molecule has 33 heavy (non-hydrogen) atoms. The molecule has 0 saturated heterocycles. The highest BCUT2D eigenvalue weighted by molar-refractivity contribution is 5.47. The third kappa shape index (κ3) is 5.35. The maximum absolute atomic E-state index is 14.1. The molecular formula is C29H20F2O2. The van der Waals surface area contributed by atoms with Crippen LogP contribution in [-0.2, 0) is 5.60 Å². The molecule has 4 rings (SSSR count). The molecule has 1 N–H and O–H groups in total. The summed E-state index contributed by atoms with van der Waals surface area (Å²) in [4.78, 5) is 0. The molecule has 0 spiro atoms. The highest BCUT2D eigenvalue weighted by Crippen LogP contribution is 2.32. The van der Waals surface area contributed by atoms with Gasteiger partial charge in [-0.3, -0.25) is 0 Å². The van der Waals surface area contributed by atoms with Crippen LogP contribution in [-0.4, -0.2) is 5.11 Å². The lowest BCUT2D eigenvalue weighted by Gasteiger charge is -2.26. The minimum absolute atomic E-state index is 0.0157. The maximum atomic E-state index is 14.1. The molecule has 162 valence electrons. The number of ether oxygens (including phenoxy) is 1. The Kier molecular flexibility index (Phi) is 6.64. The largest absolute Gasteiger partial charge is 0.449 e. The molecule has 0 unspecified atom stereocenters. The number of benzene rings is 4. The van der Waals surface area contributed by atoms with Crippen LogP contribution in [0.3, 0.4) is 0 Å². The van der Waals surface area contributed by atoms with Crippen LogP contribution in [0.4, 0.5) is 8.78 Å². The smallest absolute Gasteiger partial charge is 0.177 e. The zero-order valence-corrected chi connectivity index (χ0v) is 17.6. The summed E-state index contributed by atoms with van der Waals surface area (Å²) in [6, 6.07) is 30.4. The first-order valence-corrected chi connectivity index (χ1v) is 10.3. The Balaban J connectivity index is 1.85. The number of halogens is 2. The van der Waals surface area contributed by atoms with Gasteiger partial charge in [-0.1, -0.05) is 84.8 Å². The average Bonchev–Trinajstić information content (AvgIpc) is 2.85. The minimum atomic E-state index is -1.57. The molecule has 2 nitrogen and oxygen atoms in total. The molecule has 0 radical (unpaired) electrons. The van der Waals surface area contributed by atoms with E-state index in [-0.39, 0.29) is 11.3 Å². The van der Waals surface area contributed by atoms with E-state index in [1.165, 1.54) is 12.1 Å². The van der Waals surface area contributed by atoms with Crippen molar-refractivity contribution in [1.29, 1.82) is 0 Å². The summed E-state index contributed by atoms with van der Waals surface area (Å²) in [5, 5.41) is 11.8. The molecular weight excluding hydrogens is 418 g/mol. The quantitative estimate of drug-likeness (QED) is 0.296. The van der Waals surface area contributed by atoms with Gasteiger partial charge in [0.05, 0.1) is 5.56 Å². The van der Waals surface area contributed by atoms with Gasteiger partial charge in [0.2, 0.25) is 0 Å². The predicted molar refractivity (Wildman–Crippen MR) is 124 cm³/mol. The van der Waals surface area contributed by atoms with Crippen molar-refractivity contribution in [2.24, 2.45) is 0 Å². The summed E-state index contributed by atoms with van der Waals surface area (Å²) >= 11 is 0. The topological polar surface area (TPSA) is 29.5 Å². The second kappa shape index (κ2) is 9.95. The van der Waals surface area contributed by atoms with E-state index in [4.69, 9.17) is 4.74 Å². The van der Waals surface area contributed by atoms with Crippen molar-refractivity contribution < 1.29 is 18.6 Å². The zero-order chi connectivity index (χ0) is 23.1.